The van der Waals surface area contributed by atoms with Crippen molar-refractivity contribution in [1.82, 2.24) is 9.97 Å². The number of aromatic amines is 1. The first kappa shape index (κ1) is 16.4. The number of H-pyrrole nitrogens is 1. The molecule has 1 aromatic carbocycles. The van der Waals surface area contributed by atoms with Crippen LogP contribution in [-0.4, -0.2) is 34.8 Å². The second-order valence-electron chi connectivity index (χ2n) is 4.38. The average Bonchev–Trinajstić information content (AvgIpc) is 2.97. The molecule has 0 unspecified atom stereocenters. The molecule has 0 saturated heterocycles. The summed E-state index contributed by atoms with van der Waals surface area (Å²) in [4.78, 5) is 18.9. The van der Waals surface area contributed by atoms with Crippen molar-refractivity contribution >= 4 is 17.7 Å². The molecule has 0 spiro atoms. The Labute approximate surface area is 132 Å². The zero-order valence-electron chi connectivity index (χ0n) is 12.5. The van der Waals surface area contributed by atoms with Crippen LogP contribution in [0, 0.1) is 0 Å². The molecule has 2 aromatic rings. The minimum Gasteiger partial charge on any atom is -0.497 e. The molecule has 0 aliphatic heterocycles. The predicted molar refractivity (Wildman–Crippen MR) is 83.0 cm³/mol. The number of carbonyl (C=O) groups is 1. The zero-order valence-corrected chi connectivity index (χ0v) is 13.3. The van der Waals surface area contributed by atoms with E-state index in [1.165, 1.54) is 11.8 Å². The second-order valence-corrected chi connectivity index (χ2v) is 5.34. The monoisotopic (exact) mass is 322 g/mol. The predicted octanol–water partition coefficient (Wildman–Crippen LogP) is 2.38. The number of benzene rings is 1. The number of aliphatic hydroxyl groups excluding tert-OH is 1. The molecule has 2 N–H and O–H groups in total. The SMILES string of the molecule is CCOC(=O)c1[nH]c(CO)nc1SCc1ccc(OC)cc1. The highest BCUT2D eigenvalue weighted by atomic mass is 32.2. The Balaban J connectivity index is 2.10. The Bertz CT molecular complexity index is 625. The molecule has 2 rings (SSSR count). The lowest BCUT2D eigenvalue weighted by molar-refractivity contribution is 0.0515. The first-order valence-electron chi connectivity index (χ1n) is 6.80. The fraction of sp³-hybridized carbons (Fsp3) is 0.333. The molecule has 1 aromatic heterocycles. The lowest BCUT2D eigenvalue weighted by atomic mass is 10.2. The topological polar surface area (TPSA) is 84.4 Å². The average molecular weight is 322 g/mol. The summed E-state index contributed by atoms with van der Waals surface area (Å²) in [6.07, 6.45) is 0. The number of aliphatic hydroxyl groups is 1. The third kappa shape index (κ3) is 4.02. The standard InChI is InChI=1S/C15H18N2O4S/c1-3-21-15(19)13-14(17-12(8-18)16-13)22-9-10-4-6-11(20-2)7-5-10/h4-7,18H,3,8-9H2,1-2H3,(H,16,17). The number of imidazole rings is 1. The Hall–Kier alpha value is -1.99. The molecule has 1 heterocycles. The highest BCUT2D eigenvalue weighted by Crippen LogP contribution is 2.26. The van der Waals surface area contributed by atoms with Gasteiger partial charge in [-0.15, -0.1) is 0 Å². The normalized spacial score (nSPS) is 10.5. The smallest absolute Gasteiger partial charge is 0.357 e. The molecular weight excluding hydrogens is 304 g/mol. The number of aromatic nitrogens is 2. The highest BCUT2D eigenvalue weighted by molar-refractivity contribution is 7.98. The number of nitrogens with one attached hydrogen (secondary N) is 1. The van der Waals surface area contributed by atoms with Gasteiger partial charge < -0.3 is 19.6 Å². The van der Waals surface area contributed by atoms with Crippen LogP contribution in [0.25, 0.3) is 0 Å². The van der Waals surface area contributed by atoms with Gasteiger partial charge in [0, 0.05) is 5.75 Å². The lowest BCUT2D eigenvalue weighted by Gasteiger charge is -2.04. The molecule has 0 aliphatic rings. The number of rotatable bonds is 7. The van der Waals surface area contributed by atoms with Crippen LogP contribution < -0.4 is 4.74 Å². The van der Waals surface area contributed by atoms with Gasteiger partial charge in [-0.2, -0.15) is 0 Å². The summed E-state index contributed by atoms with van der Waals surface area (Å²) < 4.78 is 10.1. The Kier molecular flexibility index (Phi) is 5.85. The number of ether oxygens (including phenoxy) is 2. The number of hydrogen-bond donors (Lipinski definition) is 2. The van der Waals surface area contributed by atoms with Crippen molar-refractivity contribution in [2.75, 3.05) is 13.7 Å². The van der Waals surface area contributed by atoms with E-state index in [4.69, 9.17) is 14.6 Å². The van der Waals surface area contributed by atoms with Crippen LogP contribution in [0.3, 0.4) is 0 Å². The van der Waals surface area contributed by atoms with E-state index in [0.29, 0.717) is 16.6 Å². The van der Waals surface area contributed by atoms with Crippen LogP contribution in [0.1, 0.15) is 28.8 Å². The Morgan fingerprint density at radius 2 is 2.09 bits per heavy atom. The third-order valence-corrected chi connectivity index (χ3v) is 3.93. The van der Waals surface area contributed by atoms with Gasteiger partial charge in [0.2, 0.25) is 0 Å². The lowest BCUT2D eigenvalue weighted by Crippen LogP contribution is -2.06. The number of esters is 1. The fourth-order valence-electron chi connectivity index (χ4n) is 1.80. The van der Waals surface area contributed by atoms with Gasteiger partial charge in [0.1, 0.15) is 23.2 Å². The van der Waals surface area contributed by atoms with Gasteiger partial charge in [0.25, 0.3) is 0 Å². The summed E-state index contributed by atoms with van der Waals surface area (Å²) >= 11 is 1.41. The molecule has 0 amide bonds. The Morgan fingerprint density at radius 3 is 2.68 bits per heavy atom. The molecule has 6 nitrogen and oxygen atoms in total. The van der Waals surface area contributed by atoms with Crippen LogP contribution in [0.2, 0.25) is 0 Å². The van der Waals surface area contributed by atoms with E-state index in [0.717, 1.165) is 11.3 Å². The summed E-state index contributed by atoms with van der Waals surface area (Å²) in [5.74, 6) is 1.32. The summed E-state index contributed by atoms with van der Waals surface area (Å²) in [6, 6.07) is 7.67. The Morgan fingerprint density at radius 1 is 1.36 bits per heavy atom. The van der Waals surface area contributed by atoms with E-state index < -0.39 is 5.97 Å². The van der Waals surface area contributed by atoms with Crippen LogP contribution in [-0.2, 0) is 17.1 Å². The molecule has 0 saturated carbocycles. The van der Waals surface area contributed by atoms with Crippen LogP contribution in [0.5, 0.6) is 5.75 Å². The number of nitrogens with zero attached hydrogens (tertiary/aromatic N) is 1. The van der Waals surface area contributed by atoms with E-state index in [1.807, 2.05) is 24.3 Å². The number of thioether (sulfide) groups is 1. The van der Waals surface area contributed by atoms with Crippen LogP contribution >= 0.6 is 11.8 Å². The molecular formula is C15H18N2O4S. The quantitative estimate of drug-likeness (QED) is 0.601. The molecule has 22 heavy (non-hydrogen) atoms. The van der Waals surface area contributed by atoms with Crippen molar-refractivity contribution < 1.29 is 19.4 Å². The summed E-state index contributed by atoms with van der Waals surface area (Å²) in [5, 5.41) is 9.69. The molecule has 0 bridgehead atoms. The summed E-state index contributed by atoms with van der Waals surface area (Å²) in [5.41, 5.74) is 1.36. The van der Waals surface area contributed by atoms with Crippen molar-refractivity contribution in [2.45, 2.75) is 24.3 Å². The maximum atomic E-state index is 11.9. The van der Waals surface area contributed by atoms with Crippen molar-refractivity contribution in [2.24, 2.45) is 0 Å². The molecule has 0 atom stereocenters. The van der Waals surface area contributed by atoms with E-state index in [-0.39, 0.29) is 18.9 Å². The number of hydrogen-bond acceptors (Lipinski definition) is 6. The molecule has 7 heteroatoms. The van der Waals surface area contributed by atoms with Gasteiger partial charge in [0.15, 0.2) is 5.69 Å². The van der Waals surface area contributed by atoms with Crippen molar-refractivity contribution in [3.8, 4) is 5.75 Å². The zero-order chi connectivity index (χ0) is 15.9. The number of methoxy groups -OCH3 is 1. The molecule has 0 fully saturated rings. The van der Waals surface area contributed by atoms with E-state index in [1.54, 1.807) is 14.0 Å². The third-order valence-electron chi connectivity index (χ3n) is 2.88. The van der Waals surface area contributed by atoms with Gasteiger partial charge in [-0.05, 0) is 24.6 Å². The highest BCUT2D eigenvalue weighted by Gasteiger charge is 2.18. The number of carbonyl (C=O) groups excluding carboxylic acids is 1. The largest absolute Gasteiger partial charge is 0.497 e. The van der Waals surface area contributed by atoms with E-state index in [9.17, 15) is 4.79 Å². The summed E-state index contributed by atoms with van der Waals surface area (Å²) in [6.45, 7) is 1.77. The van der Waals surface area contributed by atoms with E-state index >= 15 is 0 Å². The van der Waals surface area contributed by atoms with Gasteiger partial charge in [-0.3, -0.25) is 0 Å². The van der Waals surface area contributed by atoms with Crippen molar-refractivity contribution in [3.05, 3.63) is 41.3 Å². The maximum Gasteiger partial charge on any atom is 0.357 e. The fourth-order valence-corrected chi connectivity index (χ4v) is 2.75. The maximum absolute atomic E-state index is 11.9. The van der Waals surface area contributed by atoms with Crippen LogP contribution in [0.4, 0.5) is 0 Å². The van der Waals surface area contributed by atoms with Gasteiger partial charge >= 0.3 is 5.97 Å². The van der Waals surface area contributed by atoms with Crippen molar-refractivity contribution in [3.63, 3.8) is 0 Å². The summed E-state index contributed by atoms with van der Waals surface area (Å²) in [7, 11) is 1.62. The van der Waals surface area contributed by atoms with Gasteiger partial charge in [-0.1, -0.05) is 23.9 Å². The van der Waals surface area contributed by atoms with Gasteiger partial charge in [-0.25, -0.2) is 9.78 Å². The molecule has 118 valence electrons. The first-order chi connectivity index (χ1) is 10.7. The minimum absolute atomic E-state index is 0.254. The van der Waals surface area contributed by atoms with E-state index in [2.05, 4.69) is 9.97 Å². The van der Waals surface area contributed by atoms with Crippen LogP contribution in [0.15, 0.2) is 29.3 Å². The minimum atomic E-state index is -0.466. The second kappa shape index (κ2) is 7.86. The first-order valence-corrected chi connectivity index (χ1v) is 7.79. The van der Waals surface area contributed by atoms with Crippen molar-refractivity contribution in [1.29, 1.82) is 0 Å². The van der Waals surface area contributed by atoms with Gasteiger partial charge in [0.05, 0.1) is 13.7 Å². The molecule has 0 aliphatic carbocycles. The molecule has 0 radical (unpaired) electrons.